The van der Waals surface area contributed by atoms with Crippen molar-refractivity contribution in [1.82, 2.24) is 14.8 Å². The molecule has 1 radical (unpaired) electrons. The van der Waals surface area contributed by atoms with Crippen LogP contribution in [0.3, 0.4) is 0 Å². The third kappa shape index (κ3) is 0.857. The van der Waals surface area contributed by atoms with Gasteiger partial charge in [-0.05, 0) is 13.8 Å². The molecule has 0 N–H and O–H groups in total. The van der Waals surface area contributed by atoms with Crippen molar-refractivity contribution < 1.29 is 0 Å². The number of hydrogen-bond acceptors (Lipinski definition) is 2. The summed E-state index contributed by atoms with van der Waals surface area (Å²) in [6.45, 7) is 4.07. The van der Waals surface area contributed by atoms with Crippen molar-refractivity contribution in [2.45, 2.75) is 19.9 Å². The molecule has 0 spiro atoms. The molecular weight excluding hydrogens is 102 g/mol. The van der Waals surface area contributed by atoms with E-state index in [1.165, 1.54) is 6.33 Å². The highest BCUT2D eigenvalue weighted by molar-refractivity contribution is 4.57. The quantitative estimate of drug-likeness (QED) is 0.531. The van der Waals surface area contributed by atoms with Crippen molar-refractivity contribution in [3.63, 3.8) is 0 Å². The average molecular weight is 110 g/mol. The fourth-order valence-electron chi connectivity index (χ4n) is 0.441. The van der Waals surface area contributed by atoms with Gasteiger partial charge < -0.3 is 0 Å². The lowest BCUT2D eigenvalue weighted by molar-refractivity contribution is 0.527. The van der Waals surface area contributed by atoms with E-state index in [0.717, 1.165) is 0 Å². The molecule has 0 bridgehead atoms. The third-order valence-electron chi connectivity index (χ3n) is 0.883. The van der Waals surface area contributed by atoms with Gasteiger partial charge in [0.2, 0.25) is 0 Å². The van der Waals surface area contributed by atoms with Crippen LogP contribution in [0.1, 0.15) is 19.9 Å². The van der Waals surface area contributed by atoms with Crippen LogP contribution in [0.5, 0.6) is 0 Å². The molecule has 0 saturated carbocycles. The first-order valence-electron chi connectivity index (χ1n) is 2.58. The van der Waals surface area contributed by atoms with E-state index < -0.39 is 0 Å². The zero-order valence-electron chi connectivity index (χ0n) is 5.00. The van der Waals surface area contributed by atoms with Crippen LogP contribution < -0.4 is 0 Å². The molecule has 0 unspecified atom stereocenters. The Morgan fingerprint density at radius 1 is 1.62 bits per heavy atom. The van der Waals surface area contributed by atoms with E-state index in [4.69, 9.17) is 0 Å². The van der Waals surface area contributed by atoms with Gasteiger partial charge in [0, 0.05) is 6.04 Å². The van der Waals surface area contributed by atoms with E-state index in [2.05, 4.69) is 16.4 Å². The summed E-state index contributed by atoms with van der Waals surface area (Å²) >= 11 is 0. The van der Waals surface area contributed by atoms with E-state index in [0.29, 0.717) is 6.04 Å². The van der Waals surface area contributed by atoms with E-state index >= 15 is 0 Å². The molecule has 0 fully saturated rings. The first kappa shape index (κ1) is 5.28. The van der Waals surface area contributed by atoms with Crippen molar-refractivity contribution in [2.75, 3.05) is 0 Å². The summed E-state index contributed by atoms with van der Waals surface area (Å²) in [5.74, 6) is 0. The second kappa shape index (κ2) is 1.94. The maximum atomic E-state index is 3.87. The van der Waals surface area contributed by atoms with Crippen LogP contribution in [0.15, 0.2) is 6.33 Å². The summed E-state index contributed by atoms with van der Waals surface area (Å²) in [6.07, 6.45) is 4.18. The van der Waals surface area contributed by atoms with Gasteiger partial charge in [0.15, 0.2) is 6.33 Å². The Labute approximate surface area is 48.4 Å². The van der Waals surface area contributed by atoms with Crippen LogP contribution in [-0.2, 0) is 0 Å². The van der Waals surface area contributed by atoms with Crippen LogP contribution in [0.2, 0.25) is 0 Å². The van der Waals surface area contributed by atoms with E-state index in [-0.39, 0.29) is 0 Å². The largest absolute Gasteiger partial charge is 0.241 e. The third-order valence-corrected chi connectivity index (χ3v) is 0.883. The van der Waals surface area contributed by atoms with Crippen LogP contribution >= 0.6 is 0 Å². The second-order valence-corrected chi connectivity index (χ2v) is 1.90. The Morgan fingerprint density at radius 2 is 2.38 bits per heavy atom. The van der Waals surface area contributed by atoms with Crippen LogP contribution in [-0.4, -0.2) is 14.8 Å². The normalized spacial score (nSPS) is 10.4. The summed E-state index contributed by atoms with van der Waals surface area (Å²) in [5, 5.41) is 3.87. The van der Waals surface area contributed by atoms with Crippen molar-refractivity contribution in [2.24, 2.45) is 0 Å². The van der Waals surface area contributed by atoms with Gasteiger partial charge in [0.1, 0.15) is 6.33 Å². The van der Waals surface area contributed by atoms with E-state index in [9.17, 15) is 0 Å². The molecule has 8 heavy (non-hydrogen) atoms. The summed E-state index contributed by atoms with van der Waals surface area (Å²) in [4.78, 5) is 3.67. The number of nitrogens with zero attached hydrogens (tertiary/aromatic N) is 3. The highest BCUT2D eigenvalue weighted by Crippen LogP contribution is 1.95. The Hall–Kier alpha value is -0.860. The fourth-order valence-corrected chi connectivity index (χ4v) is 0.441. The zero-order chi connectivity index (χ0) is 5.98. The second-order valence-electron chi connectivity index (χ2n) is 1.90. The molecule has 1 aromatic heterocycles. The molecular formula is C5H8N3. The Balaban J connectivity index is 2.77. The molecule has 1 rings (SSSR count). The smallest absolute Gasteiger partial charge is 0.196 e. The van der Waals surface area contributed by atoms with Gasteiger partial charge in [0.05, 0.1) is 0 Å². The van der Waals surface area contributed by atoms with Gasteiger partial charge in [0.25, 0.3) is 0 Å². The lowest BCUT2D eigenvalue weighted by atomic mass is 10.4. The highest BCUT2D eigenvalue weighted by Gasteiger charge is 1.93. The lowest BCUT2D eigenvalue weighted by Gasteiger charge is -1.99. The molecule has 3 heteroatoms. The number of aromatic nitrogens is 3. The summed E-state index contributed by atoms with van der Waals surface area (Å²) in [5.41, 5.74) is 0. The molecule has 43 valence electrons. The van der Waals surface area contributed by atoms with Crippen LogP contribution in [0.4, 0.5) is 0 Å². The highest BCUT2D eigenvalue weighted by atomic mass is 15.3. The predicted molar refractivity (Wildman–Crippen MR) is 29.2 cm³/mol. The Kier molecular flexibility index (Phi) is 1.28. The minimum absolute atomic E-state index is 0.373. The van der Waals surface area contributed by atoms with Crippen LogP contribution in [0.25, 0.3) is 0 Å². The van der Waals surface area contributed by atoms with E-state index in [1.54, 1.807) is 4.68 Å². The molecule has 0 aliphatic heterocycles. The molecule has 0 aliphatic carbocycles. The molecule has 1 heterocycles. The molecule has 0 atom stereocenters. The minimum atomic E-state index is 0.373. The maximum absolute atomic E-state index is 3.87. The number of hydrogen-bond donors (Lipinski definition) is 0. The van der Waals surface area contributed by atoms with Gasteiger partial charge in [-0.1, -0.05) is 0 Å². The van der Waals surface area contributed by atoms with Crippen molar-refractivity contribution in [3.8, 4) is 0 Å². The van der Waals surface area contributed by atoms with E-state index in [1.807, 2.05) is 13.8 Å². The minimum Gasteiger partial charge on any atom is -0.241 e. The first-order valence-corrected chi connectivity index (χ1v) is 2.58. The zero-order valence-corrected chi connectivity index (χ0v) is 5.00. The summed E-state index contributed by atoms with van der Waals surface area (Å²) in [7, 11) is 0. The lowest BCUT2D eigenvalue weighted by Crippen LogP contribution is -2.00. The van der Waals surface area contributed by atoms with Gasteiger partial charge in [-0.25, -0.2) is 9.67 Å². The van der Waals surface area contributed by atoms with Gasteiger partial charge >= 0.3 is 0 Å². The Morgan fingerprint density at radius 3 is 2.62 bits per heavy atom. The van der Waals surface area contributed by atoms with Gasteiger partial charge in [-0.2, -0.15) is 5.10 Å². The summed E-state index contributed by atoms with van der Waals surface area (Å²) in [6, 6.07) is 0.373. The maximum Gasteiger partial charge on any atom is 0.196 e. The molecule has 0 saturated heterocycles. The van der Waals surface area contributed by atoms with Crippen molar-refractivity contribution >= 4 is 0 Å². The van der Waals surface area contributed by atoms with Crippen LogP contribution in [0, 0.1) is 6.33 Å². The Bertz CT molecular complexity index is 143. The topological polar surface area (TPSA) is 30.7 Å². The molecule has 3 nitrogen and oxygen atoms in total. The number of rotatable bonds is 1. The van der Waals surface area contributed by atoms with Gasteiger partial charge in [-0.15, -0.1) is 0 Å². The summed E-state index contributed by atoms with van der Waals surface area (Å²) < 4.78 is 1.68. The monoisotopic (exact) mass is 110 g/mol. The predicted octanol–water partition coefficient (Wildman–Crippen LogP) is 0.659. The standard InChI is InChI=1S/C5H8N3/c1-5(2)8-4-6-3-7-8/h3,5H,1-2H3. The first-order chi connectivity index (χ1) is 3.80. The molecule has 0 aliphatic rings. The van der Waals surface area contributed by atoms with Crippen molar-refractivity contribution in [1.29, 1.82) is 0 Å². The van der Waals surface area contributed by atoms with Gasteiger partial charge in [-0.3, -0.25) is 0 Å². The SMILES string of the molecule is CC(C)n1[c]ncn1. The molecule has 1 aromatic rings. The average Bonchev–Trinajstić information content (AvgIpc) is 2.12. The fraction of sp³-hybridized carbons (Fsp3) is 0.600. The van der Waals surface area contributed by atoms with Crippen molar-refractivity contribution in [3.05, 3.63) is 12.7 Å². The molecule has 0 aromatic carbocycles. The molecule has 0 amide bonds.